The largest absolute Gasteiger partial charge is 0.573 e. The highest BCUT2D eigenvalue weighted by molar-refractivity contribution is 7.89. The third-order valence-electron chi connectivity index (χ3n) is 2.01. The van der Waals surface area contributed by atoms with Crippen LogP contribution in [0.2, 0.25) is 0 Å². The van der Waals surface area contributed by atoms with Gasteiger partial charge in [-0.3, -0.25) is 0 Å². The third kappa shape index (κ3) is 4.44. The van der Waals surface area contributed by atoms with Crippen molar-refractivity contribution in [2.45, 2.75) is 24.1 Å². The van der Waals surface area contributed by atoms with Crippen LogP contribution >= 0.6 is 0 Å². The van der Waals surface area contributed by atoms with Gasteiger partial charge in [0, 0.05) is 12.1 Å². The summed E-state index contributed by atoms with van der Waals surface area (Å²) in [4.78, 5) is 2.63. The number of aromatic nitrogens is 1. The average Bonchev–Trinajstić information content (AvgIpc) is 2.22. The van der Waals surface area contributed by atoms with E-state index in [1.807, 2.05) is 0 Å². The highest BCUT2D eigenvalue weighted by Gasteiger charge is 2.42. The molecule has 0 saturated heterocycles. The molecule has 120 valence electrons. The van der Waals surface area contributed by atoms with Crippen LogP contribution in [0.25, 0.3) is 0 Å². The van der Waals surface area contributed by atoms with E-state index >= 15 is 0 Å². The first-order valence-corrected chi connectivity index (χ1v) is 6.40. The van der Waals surface area contributed by atoms with Crippen LogP contribution in [0.3, 0.4) is 0 Å². The Bertz CT molecular complexity index is 640. The zero-order chi connectivity index (χ0) is 16.6. The maximum atomic E-state index is 12.7. The second-order valence-corrected chi connectivity index (χ2v) is 5.07. The fourth-order valence-electron chi connectivity index (χ4n) is 1.31. The van der Waals surface area contributed by atoms with Gasteiger partial charge in [0.05, 0.1) is 0 Å². The van der Waals surface area contributed by atoms with Gasteiger partial charge in [0.2, 0.25) is 0 Å². The van der Waals surface area contributed by atoms with E-state index in [0.29, 0.717) is 0 Å². The van der Waals surface area contributed by atoms with E-state index in [2.05, 4.69) is 14.9 Å². The van der Waals surface area contributed by atoms with Gasteiger partial charge in [0.1, 0.15) is 0 Å². The smallest absolute Gasteiger partial charge is 0.403 e. The molecular weight excluding hydrogens is 332 g/mol. The molecule has 0 aliphatic carbocycles. The summed E-state index contributed by atoms with van der Waals surface area (Å²) in [6.07, 6.45) is -10.8. The number of nitrogens with two attached hydrogens (primary N) is 2. The molecule has 21 heavy (non-hydrogen) atoms. The topological polar surface area (TPSA) is 108 Å². The molecule has 0 saturated carbocycles. The molecule has 0 atom stereocenters. The first kappa shape index (κ1) is 17.5. The van der Waals surface area contributed by atoms with Crippen LogP contribution in [0.1, 0.15) is 11.3 Å². The fraction of sp³-hybridized carbons (Fsp3) is 0.375. The minimum atomic E-state index is -5.43. The van der Waals surface area contributed by atoms with Gasteiger partial charge in [0.15, 0.2) is 16.5 Å². The second kappa shape index (κ2) is 5.31. The zero-order valence-electron chi connectivity index (χ0n) is 9.79. The molecule has 0 unspecified atom stereocenters. The number of sulfonamides is 1. The Hall–Kier alpha value is -1.60. The second-order valence-electron chi connectivity index (χ2n) is 3.59. The summed E-state index contributed by atoms with van der Waals surface area (Å²) in [5, 5.41) is 3.37. The van der Waals surface area contributed by atoms with Crippen molar-refractivity contribution < 1.29 is 39.5 Å². The molecule has 13 heteroatoms. The minimum absolute atomic E-state index is 0.184. The highest BCUT2D eigenvalue weighted by atomic mass is 32.2. The number of pyridine rings is 1. The van der Waals surface area contributed by atoms with Gasteiger partial charge in [-0.25, -0.2) is 18.5 Å². The number of nitrogens with zero attached hydrogens (tertiary/aromatic N) is 1. The molecule has 0 aromatic carbocycles. The molecular formula is C8H7F6N3O3S. The van der Waals surface area contributed by atoms with E-state index in [9.17, 15) is 34.8 Å². The summed E-state index contributed by atoms with van der Waals surface area (Å²) in [6, 6.07) is 0.184. The predicted molar refractivity (Wildman–Crippen MR) is 55.2 cm³/mol. The lowest BCUT2D eigenvalue weighted by molar-refractivity contribution is -0.276. The van der Waals surface area contributed by atoms with Crippen molar-refractivity contribution in [3.63, 3.8) is 0 Å². The summed E-state index contributed by atoms with van der Waals surface area (Å²) in [5.74, 6) is -1.72. The highest BCUT2D eigenvalue weighted by Crippen LogP contribution is 2.38. The Morgan fingerprint density at radius 1 is 1.19 bits per heavy atom. The number of primary sulfonamides is 1. The molecule has 0 bridgehead atoms. The standard InChI is InChI=1S/C8H7F6N3O3S/c9-7(10,11)5-4(20-8(12,13)14)1-3(2-15)6(17-5)21(16,18)19/h1H,2,15H2,(H2,16,18,19). The SMILES string of the molecule is NCc1cc(OC(F)(F)F)c(C(F)(F)F)nc1S(N)(=O)=O. The van der Waals surface area contributed by atoms with Crippen molar-refractivity contribution >= 4 is 10.0 Å². The lowest BCUT2D eigenvalue weighted by Gasteiger charge is -2.17. The number of alkyl halides is 6. The minimum Gasteiger partial charge on any atom is -0.403 e. The number of rotatable bonds is 3. The predicted octanol–water partition coefficient (Wildman–Crippen LogP) is 1.11. The van der Waals surface area contributed by atoms with Crippen LogP contribution in [-0.4, -0.2) is 19.8 Å². The van der Waals surface area contributed by atoms with E-state index in [0.717, 1.165) is 0 Å². The van der Waals surface area contributed by atoms with Crippen LogP contribution in [0.15, 0.2) is 11.1 Å². The lowest BCUT2D eigenvalue weighted by Crippen LogP contribution is -2.25. The fourth-order valence-corrected chi connectivity index (χ4v) is 2.04. The van der Waals surface area contributed by atoms with Gasteiger partial charge >= 0.3 is 12.5 Å². The van der Waals surface area contributed by atoms with Gasteiger partial charge in [-0.15, -0.1) is 13.2 Å². The Morgan fingerprint density at radius 2 is 1.71 bits per heavy atom. The Kier molecular flexibility index (Phi) is 4.41. The normalized spacial score (nSPS) is 13.3. The summed E-state index contributed by atoms with van der Waals surface area (Å²) < 4.78 is 99.6. The summed E-state index contributed by atoms with van der Waals surface area (Å²) in [7, 11) is -4.72. The van der Waals surface area contributed by atoms with E-state index in [1.165, 1.54) is 0 Å². The molecule has 0 aliphatic rings. The third-order valence-corrected chi connectivity index (χ3v) is 2.90. The molecule has 0 spiro atoms. The molecule has 1 heterocycles. The molecule has 6 nitrogen and oxygen atoms in total. The van der Waals surface area contributed by atoms with Gasteiger partial charge in [-0.1, -0.05) is 0 Å². The maximum absolute atomic E-state index is 12.7. The van der Waals surface area contributed by atoms with E-state index < -0.39 is 51.1 Å². The van der Waals surface area contributed by atoms with Gasteiger partial charge in [0.25, 0.3) is 10.0 Å². The van der Waals surface area contributed by atoms with Crippen LogP contribution < -0.4 is 15.6 Å². The Morgan fingerprint density at radius 3 is 2.05 bits per heavy atom. The number of ether oxygens (including phenoxy) is 1. The van der Waals surface area contributed by atoms with Gasteiger partial charge < -0.3 is 10.5 Å². The number of hydrogen-bond donors (Lipinski definition) is 2. The number of halogens is 6. The lowest BCUT2D eigenvalue weighted by atomic mass is 10.2. The molecule has 1 aromatic heterocycles. The van der Waals surface area contributed by atoms with Gasteiger partial charge in [-0.2, -0.15) is 13.2 Å². The number of hydrogen-bond acceptors (Lipinski definition) is 5. The van der Waals surface area contributed by atoms with Crippen molar-refractivity contribution in [3.05, 3.63) is 17.3 Å². The Labute approximate surface area is 113 Å². The van der Waals surface area contributed by atoms with Crippen LogP contribution in [0.4, 0.5) is 26.3 Å². The van der Waals surface area contributed by atoms with Crippen molar-refractivity contribution in [1.29, 1.82) is 0 Å². The van der Waals surface area contributed by atoms with Gasteiger partial charge in [-0.05, 0) is 6.07 Å². The van der Waals surface area contributed by atoms with Crippen LogP contribution in [0.5, 0.6) is 5.75 Å². The summed E-state index contributed by atoms with van der Waals surface area (Å²) in [6.45, 7) is -0.717. The van der Waals surface area contributed by atoms with Crippen LogP contribution in [0, 0.1) is 0 Å². The van der Waals surface area contributed by atoms with Crippen molar-refractivity contribution in [2.24, 2.45) is 10.9 Å². The van der Waals surface area contributed by atoms with Crippen molar-refractivity contribution in [1.82, 2.24) is 4.98 Å². The summed E-state index contributed by atoms with van der Waals surface area (Å²) >= 11 is 0. The van der Waals surface area contributed by atoms with Crippen molar-refractivity contribution in [3.8, 4) is 5.75 Å². The first-order chi connectivity index (χ1) is 9.25. The molecule has 0 aliphatic heterocycles. The Balaban J connectivity index is 3.65. The van der Waals surface area contributed by atoms with E-state index in [4.69, 9.17) is 5.73 Å². The molecule has 4 N–H and O–H groups in total. The van der Waals surface area contributed by atoms with Crippen LogP contribution in [-0.2, 0) is 22.7 Å². The van der Waals surface area contributed by atoms with E-state index in [1.54, 1.807) is 0 Å². The monoisotopic (exact) mass is 339 g/mol. The van der Waals surface area contributed by atoms with Crippen molar-refractivity contribution in [2.75, 3.05) is 0 Å². The molecule has 0 fully saturated rings. The summed E-state index contributed by atoms with van der Waals surface area (Å²) in [5.41, 5.74) is 2.23. The quantitative estimate of drug-likeness (QED) is 0.802. The first-order valence-electron chi connectivity index (χ1n) is 4.85. The maximum Gasteiger partial charge on any atom is 0.573 e. The molecule has 0 radical (unpaired) electrons. The molecule has 1 rings (SSSR count). The average molecular weight is 339 g/mol. The molecule has 0 amide bonds. The zero-order valence-corrected chi connectivity index (χ0v) is 10.6. The van der Waals surface area contributed by atoms with E-state index in [-0.39, 0.29) is 6.07 Å². The molecule has 1 aromatic rings.